The number of pyridine rings is 1. The first-order valence-corrected chi connectivity index (χ1v) is 14.8. The lowest BCUT2D eigenvalue weighted by atomic mass is 9.81. The number of benzene rings is 2. The molecule has 1 saturated carbocycles. The van der Waals surface area contributed by atoms with Crippen LogP contribution in [0, 0.1) is 13.8 Å². The van der Waals surface area contributed by atoms with Crippen LogP contribution in [0.5, 0.6) is 0 Å². The smallest absolute Gasteiger partial charge is 0.200 e. The molecule has 0 radical (unpaired) electrons. The first kappa shape index (κ1) is 20.3. The lowest BCUT2D eigenvalue weighted by molar-refractivity contribution is -0.659. The largest absolute Gasteiger partial charge is 0.220 e. The number of hydrogen-bond acceptors (Lipinski definition) is 0. The molecule has 3 aromatic rings. The van der Waals surface area contributed by atoms with Crippen molar-refractivity contribution in [1.82, 2.24) is 0 Å². The number of nitrogens with zero attached hydrogens (tertiary/aromatic N) is 1. The van der Waals surface area contributed by atoms with Crippen molar-refractivity contribution in [3.63, 3.8) is 0 Å². The number of hydrogen-bond donors (Lipinski definition) is 0. The number of fused-ring (bicyclic) bond motifs is 1. The zero-order valence-corrected chi connectivity index (χ0v) is 20.1. The van der Waals surface area contributed by atoms with E-state index in [0.29, 0.717) is 0 Å². The van der Waals surface area contributed by atoms with E-state index >= 15 is 0 Å². The zero-order chi connectivity index (χ0) is 20.8. The van der Waals surface area contributed by atoms with Gasteiger partial charge >= 0.3 is 0 Å². The van der Waals surface area contributed by atoms with Crippen LogP contribution in [0.3, 0.4) is 0 Å². The summed E-state index contributed by atoms with van der Waals surface area (Å²) >= 11 is 0. The molecule has 1 aromatic heterocycles. The van der Waals surface area contributed by atoms with Gasteiger partial charge in [-0.25, -0.2) is 4.57 Å². The summed E-state index contributed by atoms with van der Waals surface area (Å²) in [5.74, 6) is 0.737. The Bertz CT molecular complexity index is 1050. The summed E-state index contributed by atoms with van der Waals surface area (Å²) in [7, 11) is 0.879. The van der Waals surface area contributed by atoms with Crippen LogP contribution in [-0.4, -0.2) is 8.07 Å². The van der Waals surface area contributed by atoms with E-state index in [0.717, 1.165) is 5.92 Å². The van der Waals surface area contributed by atoms with E-state index in [2.05, 4.69) is 87.7 Å². The van der Waals surface area contributed by atoms with Crippen molar-refractivity contribution in [3.05, 3.63) is 59.3 Å². The van der Waals surface area contributed by atoms with Gasteiger partial charge in [0.1, 0.15) is 7.05 Å². The molecule has 0 N–H and O–H groups in total. The van der Waals surface area contributed by atoms with Gasteiger partial charge in [0.15, 0.2) is 6.20 Å². The second-order valence-corrected chi connectivity index (χ2v) is 15.2. The Kier molecular flexibility index (Phi) is 5.41. The van der Waals surface area contributed by atoms with Gasteiger partial charge in [0, 0.05) is 6.07 Å². The van der Waals surface area contributed by atoms with Crippen molar-refractivity contribution in [2.75, 3.05) is 0 Å². The maximum absolute atomic E-state index is 2.51. The summed E-state index contributed by atoms with van der Waals surface area (Å²) < 4.78 is 2.32. The molecule has 0 amide bonds. The summed E-state index contributed by atoms with van der Waals surface area (Å²) in [5, 5.41) is 4.28. The SMILES string of the molecule is Cc1cc(C2CCCCC2)cc(-c2c3ccc([Si](C)(C)C)cc3cc[n+]2C)c1C. The fourth-order valence-corrected chi connectivity index (χ4v) is 6.15. The minimum absolute atomic E-state index is 0.737. The number of rotatable bonds is 3. The monoisotopic (exact) mass is 402 g/mol. The molecule has 1 heterocycles. The quantitative estimate of drug-likeness (QED) is 0.346. The predicted octanol–water partition coefficient (Wildman–Crippen LogP) is 6.54. The van der Waals surface area contributed by atoms with E-state index in [9.17, 15) is 0 Å². The normalized spacial score (nSPS) is 15.8. The fourth-order valence-electron chi connectivity index (χ4n) is 4.98. The van der Waals surface area contributed by atoms with Gasteiger partial charge in [-0.3, -0.25) is 0 Å². The Labute approximate surface area is 177 Å². The lowest BCUT2D eigenvalue weighted by Crippen LogP contribution is -2.37. The summed E-state index contributed by atoms with van der Waals surface area (Å²) in [6.45, 7) is 11.9. The molecular weight excluding hydrogens is 366 g/mol. The fraction of sp³-hybridized carbons (Fsp3) is 0.444. The summed E-state index contributed by atoms with van der Waals surface area (Å²) in [4.78, 5) is 0. The second-order valence-electron chi connectivity index (χ2n) is 10.2. The van der Waals surface area contributed by atoms with Crippen LogP contribution in [0.15, 0.2) is 42.6 Å². The Morgan fingerprint density at radius 3 is 2.31 bits per heavy atom. The molecule has 0 spiro atoms. The van der Waals surface area contributed by atoms with Crippen LogP contribution in [0.4, 0.5) is 0 Å². The third-order valence-electron chi connectivity index (χ3n) is 7.02. The van der Waals surface area contributed by atoms with Crippen molar-refractivity contribution >= 4 is 24.0 Å². The molecule has 152 valence electrons. The van der Waals surface area contributed by atoms with E-state index in [1.807, 2.05) is 0 Å². The zero-order valence-electron chi connectivity index (χ0n) is 19.1. The van der Waals surface area contributed by atoms with Gasteiger partial charge < -0.3 is 0 Å². The van der Waals surface area contributed by atoms with Crippen molar-refractivity contribution in [3.8, 4) is 11.3 Å². The maximum Gasteiger partial charge on any atom is 0.220 e. The molecule has 1 nitrogen and oxygen atoms in total. The molecule has 0 bridgehead atoms. The molecular formula is C27H36NSi+. The first-order valence-electron chi connectivity index (χ1n) is 11.3. The van der Waals surface area contributed by atoms with Crippen LogP contribution in [0.25, 0.3) is 22.0 Å². The summed E-state index contributed by atoms with van der Waals surface area (Å²) in [5.41, 5.74) is 7.18. The van der Waals surface area contributed by atoms with E-state index in [1.165, 1.54) is 70.4 Å². The van der Waals surface area contributed by atoms with Gasteiger partial charge in [-0.1, -0.05) is 62.3 Å². The molecule has 0 saturated heterocycles. The van der Waals surface area contributed by atoms with Crippen LogP contribution < -0.4 is 9.75 Å². The Morgan fingerprint density at radius 2 is 1.62 bits per heavy atom. The highest BCUT2D eigenvalue weighted by Crippen LogP contribution is 2.37. The summed E-state index contributed by atoms with van der Waals surface area (Å²) in [6, 6.07) is 14.5. The second kappa shape index (κ2) is 7.72. The van der Waals surface area contributed by atoms with Gasteiger partial charge in [-0.2, -0.15) is 0 Å². The van der Waals surface area contributed by atoms with Crippen LogP contribution >= 0.6 is 0 Å². The highest BCUT2D eigenvalue weighted by Gasteiger charge is 2.23. The predicted molar refractivity (Wildman–Crippen MR) is 129 cm³/mol. The molecule has 2 heteroatoms. The molecule has 0 atom stereocenters. The van der Waals surface area contributed by atoms with Crippen LogP contribution in [-0.2, 0) is 7.05 Å². The standard InChI is InChI=1S/C27H36NSi/c1-19-16-23(21-10-8-7-9-11-21)18-26(20(19)2)27-25-13-12-24(29(4,5)6)17-22(25)14-15-28(27)3/h12-18,21H,7-11H2,1-6H3/q+1. The topological polar surface area (TPSA) is 3.88 Å². The highest BCUT2D eigenvalue weighted by molar-refractivity contribution is 6.88. The Hall–Kier alpha value is -1.93. The Morgan fingerprint density at radius 1 is 0.897 bits per heavy atom. The lowest BCUT2D eigenvalue weighted by Gasteiger charge is -2.24. The highest BCUT2D eigenvalue weighted by atomic mass is 28.3. The molecule has 4 rings (SSSR count). The van der Waals surface area contributed by atoms with Crippen molar-refractivity contribution in [2.24, 2.45) is 7.05 Å². The van der Waals surface area contributed by atoms with Gasteiger partial charge in [-0.15, -0.1) is 0 Å². The summed E-state index contributed by atoms with van der Waals surface area (Å²) in [6.07, 6.45) is 9.12. The third-order valence-corrected chi connectivity index (χ3v) is 9.07. The first-order chi connectivity index (χ1) is 13.8. The third kappa shape index (κ3) is 3.92. The number of aryl methyl sites for hydroxylation is 2. The van der Waals surface area contributed by atoms with Crippen molar-refractivity contribution < 1.29 is 4.57 Å². The van der Waals surface area contributed by atoms with E-state index in [4.69, 9.17) is 0 Å². The van der Waals surface area contributed by atoms with Crippen LogP contribution in [0.2, 0.25) is 19.6 Å². The van der Waals surface area contributed by atoms with Gasteiger partial charge in [0.05, 0.1) is 19.0 Å². The van der Waals surface area contributed by atoms with Gasteiger partial charge in [-0.05, 0) is 66.8 Å². The average Bonchev–Trinajstić information content (AvgIpc) is 2.70. The van der Waals surface area contributed by atoms with E-state index in [1.54, 1.807) is 5.56 Å². The van der Waals surface area contributed by atoms with Gasteiger partial charge in [0.25, 0.3) is 0 Å². The molecule has 1 aliphatic carbocycles. The van der Waals surface area contributed by atoms with E-state index in [-0.39, 0.29) is 0 Å². The van der Waals surface area contributed by atoms with Gasteiger partial charge in [0.2, 0.25) is 5.69 Å². The van der Waals surface area contributed by atoms with Crippen LogP contribution in [0.1, 0.15) is 54.7 Å². The molecule has 1 aliphatic rings. The molecule has 0 aliphatic heterocycles. The molecule has 0 unspecified atom stereocenters. The minimum atomic E-state index is -1.32. The van der Waals surface area contributed by atoms with Crippen molar-refractivity contribution in [2.45, 2.75) is 71.5 Å². The average molecular weight is 403 g/mol. The Balaban J connectivity index is 1.91. The minimum Gasteiger partial charge on any atom is -0.200 e. The number of aromatic nitrogens is 1. The van der Waals surface area contributed by atoms with Crippen molar-refractivity contribution in [1.29, 1.82) is 0 Å². The van der Waals surface area contributed by atoms with E-state index < -0.39 is 8.07 Å². The molecule has 29 heavy (non-hydrogen) atoms. The molecule has 2 aromatic carbocycles. The maximum atomic E-state index is 2.51. The molecule has 1 fully saturated rings.